The Kier molecular flexibility index (Phi) is 3.43. The van der Waals surface area contributed by atoms with E-state index in [1.165, 1.54) is 30.5 Å². The third-order valence-electron chi connectivity index (χ3n) is 2.25. The summed E-state index contributed by atoms with van der Waals surface area (Å²) in [6, 6.07) is 7.46. The molecular weight excluding hydrogens is 257 g/mol. The maximum absolute atomic E-state index is 13.6. The average molecular weight is 266 g/mol. The quantitative estimate of drug-likeness (QED) is 0.877. The van der Waals surface area contributed by atoms with E-state index in [0.29, 0.717) is 0 Å². The van der Waals surface area contributed by atoms with E-state index in [2.05, 4.69) is 10.3 Å². The van der Waals surface area contributed by atoms with Crippen molar-refractivity contribution in [1.29, 1.82) is 0 Å². The van der Waals surface area contributed by atoms with Gasteiger partial charge < -0.3 is 11.1 Å². The highest BCUT2D eigenvalue weighted by Gasteiger charge is 2.14. The van der Waals surface area contributed by atoms with Crippen LogP contribution < -0.4 is 11.1 Å². The second kappa shape index (κ2) is 5.01. The van der Waals surface area contributed by atoms with Gasteiger partial charge in [-0.3, -0.25) is 4.79 Å². The Morgan fingerprint density at radius 2 is 2.11 bits per heavy atom. The molecule has 0 bridgehead atoms. The van der Waals surface area contributed by atoms with Crippen molar-refractivity contribution in [2.24, 2.45) is 0 Å². The van der Waals surface area contributed by atoms with Crippen LogP contribution in [-0.4, -0.2) is 10.9 Å². The molecule has 0 saturated heterocycles. The van der Waals surface area contributed by atoms with Crippen LogP contribution in [0.1, 0.15) is 10.5 Å². The molecule has 0 atom stereocenters. The fourth-order valence-corrected chi connectivity index (χ4v) is 1.56. The second-order valence-electron chi connectivity index (χ2n) is 3.50. The molecule has 0 spiro atoms. The fourth-order valence-electron chi connectivity index (χ4n) is 1.39. The number of hydrogen-bond acceptors (Lipinski definition) is 3. The number of nitrogens with one attached hydrogen (secondary N) is 1. The van der Waals surface area contributed by atoms with E-state index in [9.17, 15) is 9.18 Å². The van der Waals surface area contributed by atoms with Gasteiger partial charge in [0.25, 0.3) is 5.91 Å². The van der Waals surface area contributed by atoms with Gasteiger partial charge in [0, 0.05) is 6.20 Å². The molecule has 18 heavy (non-hydrogen) atoms. The zero-order chi connectivity index (χ0) is 13.1. The van der Waals surface area contributed by atoms with Crippen molar-refractivity contribution in [3.8, 4) is 0 Å². The molecule has 1 amide bonds. The fraction of sp³-hybridized carbons (Fsp3) is 0. The largest absolute Gasteiger partial charge is 0.397 e. The molecule has 6 heteroatoms. The zero-order valence-electron chi connectivity index (χ0n) is 9.15. The number of nitrogen functional groups attached to an aromatic ring is 1. The van der Waals surface area contributed by atoms with Gasteiger partial charge in [0.05, 0.1) is 16.4 Å². The van der Waals surface area contributed by atoms with Crippen molar-refractivity contribution >= 4 is 28.9 Å². The molecule has 0 aliphatic carbocycles. The Hall–Kier alpha value is -2.14. The molecule has 1 aromatic carbocycles. The Labute approximate surface area is 108 Å². The highest BCUT2D eigenvalue weighted by atomic mass is 35.5. The van der Waals surface area contributed by atoms with Gasteiger partial charge in [-0.1, -0.05) is 17.7 Å². The Bertz CT molecular complexity index is 604. The van der Waals surface area contributed by atoms with Crippen LogP contribution in [0, 0.1) is 5.82 Å². The third kappa shape index (κ3) is 2.41. The van der Waals surface area contributed by atoms with Crippen LogP contribution >= 0.6 is 11.6 Å². The van der Waals surface area contributed by atoms with Crippen molar-refractivity contribution in [1.82, 2.24) is 4.98 Å². The number of rotatable bonds is 2. The van der Waals surface area contributed by atoms with E-state index in [4.69, 9.17) is 17.3 Å². The lowest BCUT2D eigenvalue weighted by atomic mass is 10.2. The van der Waals surface area contributed by atoms with Crippen molar-refractivity contribution in [3.05, 3.63) is 53.1 Å². The molecular formula is C12H9ClFN3O. The van der Waals surface area contributed by atoms with Crippen molar-refractivity contribution < 1.29 is 9.18 Å². The van der Waals surface area contributed by atoms with Crippen LogP contribution in [-0.2, 0) is 0 Å². The summed E-state index contributed by atoms with van der Waals surface area (Å²) in [5.41, 5.74) is 5.84. The van der Waals surface area contributed by atoms with Crippen LogP contribution in [0.4, 0.5) is 15.8 Å². The number of benzene rings is 1. The van der Waals surface area contributed by atoms with Crippen molar-refractivity contribution in [2.75, 3.05) is 11.1 Å². The summed E-state index contributed by atoms with van der Waals surface area (Å²) in [5.74, 6) is -1.28. The first kappa shape index (κ1) is 12.3. The first-order valence-electron chi connectivity index (χ1n) is 5.05. The van der Waals surface area contributed by atoms with Crippen LogP contribution in [0.5, 0.6) is 0 Å². The molecule has 92 valence electrons. The Morgan fingerprint density at radius 1 is 1.33 bits per heavy atom. The van der Waals surface area contributed by atoms with Gasteiger partial charge in [-0.15, -0.1) is 0 Å². The predicted molar refractivity (Wildman–Crippen MR) is 68.0 cm³/mol. The maximum atomic E-state index is 13.6. The van der Waals surface area contributed by atoms with Gasteiger partial charge in [0.2, 0.25) is 0 Å². The standard InChI is InChI=1S/C12H9ClFN3O/c13-7-3-1-5-9(10(7)14)17-12(18)11-8(15)4-2-6-16-11/h1-6H,15H2,(H,17,18). The van der Waals surface area contributed by atoms with Gasteiger partial charge in [0.15, 0.2) is 11.5 Å². The number of amides is 1. The maximum Gasteiger partial charge on any atom is 0.276 e. The number of carbonyl (C=O) groups excluding carboxylic acids is 1. The van der Waals surface area contributed by atoms with E-state index in [0.717, 1.165) is 0 Å². The topological polar surface area (TPSA) is 68.0 Å². The van der Waals surface area contributed by atoms with E-state index in [1.54, 1.807) is 6.07 Å². The van der Waals surface area contributed by atoms with Crippen LogP contribution in [0.15, 0.2) is 36.5 Å². The van der Waals surface area contributed by atoms with E-state index in [1.807, 2.05) is 0 Å². The zero-order valence-corrected chi connectivity index (χ0v) is 9.91. The van der Waals surface area contributed by atoms with Crippen molar-refractivity contribution in [2.45, 2.75) is 0 Å². The molecule has 1 heterocycles. The number of anilines is 2. The minimum atomic E-state index is -0.693. The molecule has 0 aliphatic heterocycles. The molecule has 2 aromatic rings. The van der Waals surface area contributed by atoms with Crippen LogP contribution in [0.25, 0.3) is 0 Å². The summed E-state index contributed by atoms with van der Waals surface area (Å²) in [6.45, 7) is 0. The van der Waals surface area contributed by atoms with Crippen LogP contribution in [0.3, 0.4) is 0 Å². The second-order valence-corrected chi connectivity index (χ2v) is 3.90. The summed E-state index contributed by atoms with van der Waals surface area (Å²) in [6.07, 6.45) is 1.43. The lowest BCUT2D eigenvalue weighted by Gasteiger charge is -2.07. The minimum absolute atomic E-state index is 0.0162. The Balaban J connectivity index is 2.27. The predicted octanol–water partition coefficient (Wildman–Crippen LogP) is 2.71. The molecule has 0 unspecified atom stereocenters. The van der Waals surface area contributed by atoms with Gasteiger partial charge in [-0.05, 0) is 24.3 Å². The first-order chi connectivity index (χ1) is 8.59. The Morgan fingerprint density at radius 3 is 2.83 bits per heavy atom. The number of pyridine rings is 1. The van der Waals surface area contributed by atoms with Gasteiger partial charge in [-0.2, -0.15) is 0 Å². The molecule has 1 aromatic heterocycles. The highest BCUT2D eigenvalue weighted by molar-refractivity contribution is 6.31. The molecule has 2 rings (SSSR count). The summed E-state index contributed by atoms with van der Waals surface area (Å²) in [4.78, 5) is 15.7. The third-order valence-corrected chi connectivity index (χ3v) is 2.55. The van der Waals surface area contributed by atoms with Crippen molar-refractivity contribution in [3.63, 3.8) is 0 Å². The molecule has 0 radical (unpaired) electrons. The normalized spacial score (nSPS) is 10.1. The van der Waals surface area contributed by atoms with E-state index in [-0.39, 0.29) is 22.1 Å². The van der Waals surface area contributed by atoms with E-state index >= 15 is 0 Å². The lowest BCUT2D eigenvalue weighted by molar-refractivity contribution is 0.102. The molecule has 0 saturated carbocycles. The minimum Gasteiger partial charge on any atom is -0.397 e. The summed E-state index contributed by atoms with van der Waals surface area (Å²) >= 11 is 5.61. The first-order valence-corrected chi connectivity index (χ1v) is 5.43. The number of hydrogen-bond donors (Lipinski definition) is 2. The summed E-state index contributed by atoms with van der Waals surface area (Å²) < 4.78 is 13.6. The van der Waals surface area contributed by atoms with Gasteiger partial charge in [0.1, 0.15) is 0 Å². The summed E-state index contributed by atoms with van der Waals surface area (Å²) in [7, 11) is 0. The number of aromatic nitrogens is 1. The summed E-state index contributed by atoms with van der Waals surface area (Å²) in [5, 5.41) is 2.30. The number of halogens is 2. The molecule has 3 N–H and O–H groups in total. The molecule has 0 fully saturated rings. The SMILES string of the molecule is Nc1cccnc1C(=O)Nc1cccc(Cl)c1F. The highest BCUT2D eigenvalue weighted by Crippen LogP contribution is 2.22. The monoisotopic (exact) mass is 265 g/mol. The van der Waals surface area contributed by atoms with Gasteiger partial charge >= 0.3 is 0 Å². The van der Waals surface area contributed by atoms with E-state index < -0.39 is 11.7 Å². The van der Waals surface area contributed by atoms with Crippen LogP contribution in [0.2, 0.25) is 5.02 Å². The van der Waals surface area contributed by atoms with Gasteiger partial charge in [-0.25, -0.2) is 9.37 Å². The average Bonchev–Trinajstić information content (AvgIpc) is 2.35. The molecule has 4 nitrogen and oxygen atoms in total. The number of carbonyl (C=O) groups is 1. The molecule has 0 aliphatic rings. The lowest BCUT2D eigenvalue weighted by Crippen LogP contribution is -2.16. The number of nitrogens with zero attached hydrogens (tertiary/aromatic N) is 1. The number of nitrogens with two attached hydrogens (primary N) is 1. The smallest absolute Gasteiger partial charge is 0.276 e.